The van der Waals surface area contributed by atoms with Gasteiger partial charge in [-0.1, -0.05) is 0 Å². The fourth-order valence-electron chi connectivity index (χ4n) is 4.39. The number of pyridine rings is 1. The van der Waals surface area contributed by atoms with Gasteiger partial charge in [-0.05, 0) is 43.2 Å². The number of piperidine rings is 1. The maximum Gasteiger partial charge on any atom is 0.244 e. The molecule has 4 rings (SSSR count). The molecule has 0 amide bonds. The third kappa shape index (κ3) is 3.70. The quantitative estimate of drug-likeness (QED) is 0.752. The Bertz CT molecular complexity index is 905. The standard InChI is InChI=1S/C19H27N5O3S/c1-27-14-5-18-22-21-17-4-6-19(9-13-24(17)18)7-11-23(12-8-19)28(25,26)16-3-2-10-20-15-16/h2-3,10,15H,4-9,11-14H2,1H3. The number of ether oxygens (including phenoxy) is 1. The summed E-state index contributed by atoms with van der Waals surface area (Å²) in [6, 6.07) is 3.28. The van der Waals surface area contributed by atoms with Crippen LogP contribution in [0.1, 0.15) is 37.3 Å². The molecule has 4 heterocycles. The van der Waals surface area contributed by atoms with Crippen molar-refractivity contribution in [1.82, 2.24) is 24.1 Å². The fraction of sp³-hybridized carbons (Fsp3) is 0.632. The molecular weight excluding hydrogens is 378 g/mol. The molecule has 2 aliphatic heterocycles. The zero-order valence-electron chi connectivity index (χ0n) is 16.2. The summed E-state index contributed by atoms with van der Waals surface area (Å²) in [4.78, 5) is 4.24. The molecule has 1 spiro atoms. The Labute approximate surface area is 166 Å². The maximum absolute atomic E-state index is 12.9. The molecule has 28 heavy (non-hydrogen) atoms. The highest BCUT2D eigenvalue weighted by molar-refractivity contribution is 7.89. The second kappa shape index (κ2) is 7.88. The molecule has 0 aliphatic carbocycles. The average Bonchev–Trinajstić information content (AvgIpc) is 3.03. The zero-order chi connectivity index (χ0) is 19.6. The first-order valence-electron chi connectivity index (χ1n) is 9.84. The first kappa shape index (κ1) is 19.5. The number of nitrogens with zero attached hydrogens (tertiary/aromatic N) is 5. The van der Waals surface area contributed by atoms with Crippen LogP contribution in [0.2, 0.25) is 0 Å². The SMILES string of the molecule is COCCc1nnc2n1CCC1(CC2)CCN(S(=O)(=O)c2cccnc2)CC1. The number of rotatable bonds is 5. The van der Waals surface area contributed by atoms with Crippen molar-refractivity contribution in [3.63, 3.8) is 0 Å². The van der Waals surface area contributed by atoms with Gasteiger partial charge >= 0.3 is 0 Å². The Morgan fingerprint density at radius 3 is 2.64 bits per heavy atom. The summed E-state index contributed by atoms with van der Waals surface area (Å²) < 4.78 is 34.8. The lowest BCUT2D eigenvalue weighted by molar-refractivity contribution is 0.129. The van der Waals surface area contributed by atoms with E-state index in [2.05, 4.69) is 19.7 Å². The Balaban J connectivity index is 1.43. The molecular formula is C19H27N5O3S. The Morgan fingerprint density at radius 1 is 1.14 bits per heavy atom. The van der Waals surface area contributed by atoms with Crippen LogP contribution in [0.5, 0.6) is 0 Å². The maximum atomic E-state index is 12.9. The van der Waals surface area contributed by atoms with E-state index in [-0.39, 0.29) is 10.3 Å². The fourth-order valence-corrected chi connectivity index (χ4v) is 5.80. The summed E-state index contributed by atoms with van der Waals surface area (Å²) in [5, 5.41) is 8.71. The Hall–Kier alpha value is -1.84. The lowest BCUT2D eigenvalue weighted by Crippen LogP contribution is -2.43. The number of methoxy groups -OCH3 is 1. The van der Waals surface area contributed by atoms with Crippen LogP contribution >= 0.6 is 0 Å². The molecule has 0 bridgehead atoms. The number of sulfonamides is 1. The van der Waals surface area contributed by atoms with E-state index in [9.17, 15) is 8.42 Å². The molecule has 2 aliphatic rings. The van der Waals surface area contributed by atoms with E-state index >= 15 is 0 Å². The van der Waals surface area contributed by atoms with Crippen molar-refractivity contribution >= 4 is 10.0 Å². The van der Waals surface area contributed by atoms with E-state index < -0.39 is 10.0 Å². The summed E-state index contributed by atoms with van der Waals surface area (Å²) >= 11 is 0. The number of aryl methyl sites for hydroxylation is 1. The van der Waals surface area contributed by atoms with Gasteiger partial charge in [0.15, 0.2) is 0 Å². The van der Waals surface area contributed by atoms with Gasteiger partial charge < -0.3 is 9.30 Å². The second-order valence-corrected chi connectivity index (χ2v) is 9.71. The Kier molecular flexibility index (Phi) is 5.48. The van der Waals surface area contributed by atoms with Crippen molar-refractivity contribution in [3.8, 4) is 0 Å². The minimum atomic E-state index is -3.46. The van der Waals surface area contributed by atoms with Gasteiger partial charge in [0, 0.05) is 52.0 Å². The third-order valence-corrected chi connectivity index (χ3v) is 8.12. The number of hydrogen-bond acceptors (Lipinski definition) is 6. The van der Waals surface area contributed by atoms with Gasteiger partial charge in [-0.3, -0.25) is 4.98 Å². The van der Waals surface area contributed by atoms with E-state index in [1.807, 2.05) is 0 Å². The summed E-state index contributed by atoms with van der Waals surface area (Å²) in [5.41, 5.74) is 0.181. The molecule has 1 fully saturated rings. The lowest BCUT2D eigenvalue weighted by Gasteiger charge is -2.40. The van der Waals surface area contributed by atoms with Gasteiger partial charge in [0.05, 0.1) is 6.61 Å². The normalized spacial score (nSPS) is 20.0. The molecule has 152 valence electrons. The third-order valence-electron chi connectivity index (χ3n) is 6.23. The molecule has 0 radical (unpaired) electrons. The van der Waals surface area contributed by atoms with E-state index in [4.69, 9.17) is 4.74 Å². The van der Waals surface area contributed by atoms with Crippen molar-refractivity contribution in [2.45, 2.75) is 50.0 Å². The highest BCUT2D eigenvalue weighted by Gasteiger charge is 2.39. The minimum Gasteiger partial charge on any atom is -0.384 e. The second-order valence-electron chi connectivity index (χ2n) is 7.77. The predicted molar refractivity (Wildman–Crippen MR) is 103 cm³/mol. The van der Waals surface area contributed by atoms with Crippen LogP contribution in [0, 0.1) is 5.41 Å². The largest absolute Gasteiger partial charge is 0.384 e. The van der Waals surface area contributed by atoms with Gasteiger partial charge in [0.2, 0.25) is 10.0 Å². The van der Waals surface area contributed by atoms with Crippen molar-refractivity contribution in [2.75, 3.05) is 26.8 Å². The molecule has 0 N–H and O–H groups in total. The van der Waals surface area contributed by atoms with Gasteiger partial charge in [-0.15, -0.1) is 10.2 Å². The molecule has 2 aromatic rings. The van der Waals surface area contributed by atoms with Crippen LogP contribution in [-0.2, 0) is 34.1 Å². The molecule has 9 heteroatoms. The summed E-state index contributed by atoms with van der Waals surface area (Å²) in [7, 11) is -1.76. The van der Waals surface area contributed by atoms with Crippen LogP contribution in [0.25, 0.3) is 0 Å². The van der Waals surface area contributed by atoms with Gasteiger partial charge in [0.25, 0.3) is 0 Å². The van der Waals surface area contributed by atoms with Crippen LogP contribution in [-0.4, -0.2) is 59.3 Å². The molecule has 0 unspecified atom stereocenters. The smallest absolute Gasteiger partial charge is 0.244 e. The molecule has 0 aromatic carbocycles. The molecule has 2 aromatic heterocycles. The highest BCUT2D eigenvalue weighted by Crippen LogP contribution is 2.42. The number of aromatic nitrogens is 4. The predicted octanol–water partition coefficient (Wildman–Crippen LogP) is 1.67. The Morgan fingerprint density at radius 2 is 1.93 bits per heavy atom. The summed E-state index contributed by atoms with van der Waals surface area (Å²) in [6.07, 6.45) is 8.54. The van der Waals surface area contributed by atoms with Crippen LogP contribution < -0.4 is 0 Å². The van der Waals surface area contributed by atoms with Crippen LogP contribution in [0.3, 0.4) is 0 Å². The van der Waals surface area contributed by atoms with Gasteiger partial charge in [0.1, 0.15) is 16.5 Å². The lowest BCUT2D eigenvalue weighted by atomic mass is 9.73. The first-order chi connectivity index (χ1) is 13.5. The van der Waals surface area contributed by atoms with Crippen molar-refractivity contribution in [1.29, 1.82) is 0 Å². The first-order valence-corrected chi connectivity index (χ1v) is 11.3. The summed E-state index contributed by atoms with van der Waals surface area (Å²) in [6.45, 7) is 2.67. The van der Waals surface area contributed by atoms with Crippen LogP contribution in [0.4, 0.5) is 0 Å². The van der Waals surface area contributed by atoms with Gasteiger partial charge in [-0.2, -0.15) is 4.31 Å². The highest BCUT2D eigenvalue weighted by atomic mass is 32.2. The zero-order valence-corrected chi connectivity index (χ0v) is 17.1. The van der Waals surface area contributed by atoms with Crippen molar-refractivity contribution in [2.24, 2.45) is 5.41 Å². The number of hydrogen-bond donors (Lipinski definition) is 0. The van der Waals surface area contributed by atoms with Gasteiger partial charge in [-0.25, -0.2) is 8.42 Å². The minimum absolute atomic E-state index is 0.181. The monoisotopic (exact) mass is 405 g/mol. The molecule has 1 saturated heterocycles. The van der Waals surface area contributed by atoms with E-state index in [1.54, 1.807) is 29.7 Å². The van der Waals surface area contributed by atoms with E-state index in [0.29, 0.717) is 19.7 Å². The van der Waals surface area contributed by atoms with Crippen molar-refractivity contribution < 1.29 is 13.2 Å². The van der Waals surface area contributed by atoms with Crippen molar-refractivity contribution in [3.05, 3.63) is 36.2 Å². The average molecular weight is 406 g/mol. The van der Waals surface area contributed by atoms with Crippen LogP contribution in [0.15, 0.2) is 29.4 Å². The van der Waals surface area contributed by atoms with E-state index in [0.717, 1.165) is 56.7 Å². The molecule has 0 atom stereocenters. The molecule has 8 nitrogen and oxygen atoms in total. The van der Waals surface area contributed by atoms with E-state index in [1.165, 1.54) is 6.20 Å². The number of fused-ring (bicyclic) bond motifs is 1. The topological polar surface area (TPSA) is 90.2 Å². The summed E-state index contributed by atoms with van der Waals surface area (Å²) in [5.74, 6) is 2.04. The molecule has 0 saturated carbocycles.